The zero-order valence-corrected chi connectivity index (χ0v) is 11.5. The first-order chi connectivity index (χ1) is 9.11. The van der Waals surface area contributed by atoms with Crippen LogP contribution in [0.4, 0.5) is 5.69 Å². The van der Waals surface area contributed by atoms with E-state index in [-0.39, 0.29) is 5.69 Å². The van der Waals surface area contributed by atoms with Crippen molar-refractivity contribution in [2.24, 2.45) is 0 Å². The van der Waals surface area contributed by atoms with Gasteiger partial charge in [0.2, 0.25) is 5.88 Å². The summed E-state index contributed by atoms with van der Waals surface area (Å²) in [4.78, 5) is 16.1. The minimum atomic E-state index is -0.408. The quantitative estimate of drug-likeness (QED) is 0.940. The predicted octanol–water partition coefficient (Wildman–Crippen LogP) is 3.65. The summed E-state index contributed by atoms with van der Waals surface area (Å²) in [5, 5.41) is 3.35. The molecule has 2 aromatic rings. The molecule has 0 aliphatic heterocycles. The number of ether oxygens (including phenoxy) is 1. The van der Waals surface area contributed by atoms with Gasteiger partial charge in [-0.2, -0.15) is 0 Å². The van der Waals surface area contributed by atoms with E-state index < -0.39 is 5.91 Å². The highest BCUT2D eigenvalue weighted by Crippen LogP contribution is 2.30. The molecule has 19 heavy (non-hydrogen) atoms. The first-order valence-electron chi connectivity index (χ1n) is 5.38. The Morgan fingerprint density at radius 3 is 2.42 bits per heavy atom. The number of nitrogens with one attached hydrogen (secondary N) is 1. The molecule has 0 saturated carbocycles. The maximum Gasteiger partial charge on any atom is 0.274 e. The normalized spacial score (nSPS) is 10.1. The van der Waals surface area contributed by atoms with Crippen molar-refractivity contribution < 1.29 is 9.53 Å². The number of anilines is 1. The van der Waals surface area contributed by atoms with Crippen molar-refractivity contribution in [2.75, 3.05) is 12.4 Å². The summed E-state index contributed by atoms with van der Waals surface area (Å²) < 4.78 is 4.96. The lowest BCUT2D eigenvalue weighted by molar-refractivity contribution is 0.102. The first-order valence-corrected chi connectivity index (χ1v) is 6.14. The van der Waals surface area contributed by atoms with E-state index in [1.807, 2.05) is 0 Å². The van der Waals surface area contributed by atoms with Gasteiger partial charge in [0.15, 0.2) is 0 Å². The van der Waals surface area contributed by atoms with Gasteiger partial charge in [0.05, 0.1) is 22.8 Å². The van der Waals surface area contributed by atoms with Gasteiger partial charge in [0.1, 0.15) is 5.69 Å². The van der Waals surface area contributed by atoms with E-state index in [0.717, 1.165) is 0 Å². The van der Waals surface area contributed by atoms with Crippen molar-refractivity contribution in [1.82, 2.24) is 4.98 Å². The number of para-hydroxylation sites is 1. The standard InChI is InChI=1S/C13H10Cl2N2O2/c1-19-11-7-3-6-10(16-11)13(18)17-12-8(14)4-2-5-9(12)15/h2-7H,1H3,(H,17,18). The molecule has 4 nitrogen and oxygen atoms in total. The SMILES string of the molecule is COc1cccc(C(=O)Nc2c(Cl)cccc2Cl)n1. The Morgan fingerprint density at radius 2 is 1.79 bits per heavy atom. The van der Waals surface area contributed by atoms with E-state index in [9.17, 15) is 4.79 Å². The van der Waals surface area contributed by atoms with E-state index in [0.29, 0.717) is 21.6 Å². The van der Waals surface area contributed by atoms with Gasteiger partial charge in [-0.1, -0.05) is 35.3 Å². The van der Waals surface area contributed by atoms with Gasteiger partial charge < -0.3 is 10.1 Å². The van der Waals surface area contributed by atoms with Crippen LogP contribution in [0, 0.1) is 0 Å². The molecule has 6 heteroatoms. The lowest BCUT2D eigenvalue weighted by atomic mass is 10.3. The van der Waals surface area contributed by atoms with Crippen LogP contribution >= 0.6 is 23.2 Å². The molecule has 0 fully saturated rings. The van der Waals surface area contributed by atoms with Gasteiger partial charge in [-0.15, -0.1) is 0 Å². The van der Waals surface area contributed by atoms with Crippen LogP contribution in [0.5, 0.6) is 5.88 Å². The van der Waals surface area contributed by atoms with Gasteiger partial charge in [-0.25, -0.2) is 4.98 Å². The molecule has 98 valence electrons. The second-order valence-electron chi connectivity index (χ2n) is 3.62. The molecule has 1 heterocycles. The smallest absolute Gasteiger partial charge is 0.274 e. The van der Waals surface area contributed by atoms with E-state index in [2.05, 4.69) is 10.3 Å². The number of benzene rings is 1. The van der Waals surface area contributed by atoms with Crippen LogP contribution in [0.1, 0.15) is 10.5 Å². The second-order valence-corrected chi connectivity index (χ2v) is 4.43. The molecule has 0 aliphatic rings. The van der Waals surface area contributed by atoms with Crippen molar-refractivity contribution in [1.29, 1.82) is 0 Å². The number of hydrogen-bond acceptors (Lipinski definition) is 3. The van der Waals surface area contributed by atoms with E-state index in [4.69, 9.17) is 27.9 Å². The van der Waals surface area contributed by atoms with Crippen molar-refractivity contribution in [2.45, 2.75) is 0 Å². The third-order valence-electron chi connectivity index (χ3n) is 2.37. The molecule has 0 bridgehead atoms. The average Bonchev–Trinajstić information content (AvgIpc) is 2.43. The highest BCUT2D eigenvalue weighted by molar-refractivity contribution is 6.39. The van der Waals surface area contributed by atoms with Gasteiger partial charge in [0.25, 0.3) is 5.91 Å². The summed E-state index contributed by atoms with van der Waals surface area (Å²) >= 11 is 12.0. The number of nitrogens with zero attached hydrogens (tertiary/aromatic N) is 1. The van der Waals surface area contributed by atoms with Crippen LogP contribution < -0.4 is 10.1 Å². The lowest BCUT2D eigenvalue weighted by Gasteiger charge is -2.09. The molecule has 1 amide bonds. The Kier molecular flexibility index (Phi) is 4.24. The topological polar surface area (TPSA) is 51.2 Å². The summed E-state index contributed by atoms with van der Waals surface area (Å²) in [6, 6.07) is 9.88. The molecular formula is C13H10Cl2N2O2. The molecule has 0 spiro atoms. The van der Waals surface area contributed by atoms with Crippen LogP contribution in [0.3, 0.4) is 0 Å². The Morgan fingerprint density at radius 1 is 1.16 bits per heavy atom. The van der Waals surface area contributed by atoms with Gasteiger partial charge >= 0.3 is 0 Å². The summed E-state index contributed by atoms with van der Waals surface area (Å²) in [6.45, 7) is 0. The van der Waals surface area contributed by atoms with E-state index >= 15 is 0 Å². The molecule has 1 aromatic heterocycles. The number of amides is 1. The lowest BCUT2D eigenvalue weighted by Crippen LogP contribution is -2.14. The van der Waals surface area contributed by atoms with E-state index in [1.165, 1.54) is 7.11 Å². The Hall–Kier alpha value is -1.78. The number of rotatable bonds is 3. The minimum absolute atomic E-state index is 0.218. The molecular weight excluding hydrogens is 287 g/mol. The van der Waals surface area contributed by atoms with Crippen LogP contribution in [0.25, 0.3) is 0 Å². The van der Waals surface area contributed by atoms with Crippen LogP contribution in [0.2, 0.25) is 10.0 Å². The number of halogens is 2. The molecule has 0 aliphatic carbocycles. The average molecular weight is 297 g/mol. The molecule has 0 radical (unpaired) electrons. The number of methoxy groups -OCH3 is 1. The van der Waals surface area contributed by atoms with Crippen LogP contribution in [-0.4, -0.2) is 18.0 Å². The second kappa shape index (κ2) is 5.91. The Bertz CT molecular complexity index is 597. The largest absolute Gasteiger partial charge is 0.481 e. The van der Waals surface area contributed by atoms with Crippen molar-refractivity contribution >= 4 is 34.8 Å². The Labute approximate surface area is 120 Å². The van der Waals surface area contributed by atoms with Gasteiger partial charge in [-0.05, 0) is 18.2 Å². The fourth-order valence-corrected chi connectivity index (χ4v) is 1.94. The maximum absolute atomic E-state index is 12.0. The van der Waals surface area contributed by atoms with Crippen molar-refractivity contribution in [3.63, 3.8) is 0 Å². The van der Waals surface area contributed by atoms with Gasteiger partial charge in [-0.3, -0.25) is 4.79 Å². The third-order valence-corrected chi connectivity index (χ3v) is 3.00. The molecule has 1 aromatic carbocycles. The number of carbonyl (C=O) groups is 1. The molecule has 2 rings (SSSR count). The van der Waals surface area contributed by atoms with Crippen molar-refractivity contribution in [3.05, 3.63) is 52.1 Å². The molecule has 0 unspecified atom stereocenters. The fourth-order valence-electron chi connectivity index (χ4n) is 1.45. The first kappa shape index (κ1) is 13.6. The number of pyridine rings is 1. The fraction of sp³-hybridized carbons (Fsp3) is 0.0769. The molecule has 0 atom stereocenters. The summed E-state index contributed by atoms with van der Waals surface area (Å²) in [6.07, 6.45) is 0. The summed E-state index contributed by atoms with van der Waals surface area (Å²) in [5.74, 6) is -0.0493. The third kappa shape index (κ3) is 3.16. The van der Waals surface area contributed by atoms with Gasteiger partial charge in [0, 0.05) is 6.07 Å². The highest BCUT2D eigenvalue weighted by Gasteiger charge is 2.13. The zero-order valence-electron chi connectivity index (χ0n) is 9.98. The Balaban J connectivity index is 2.25. The summed E-state index contributed by atoms with van der Waals surface area (Å²) in [7, 11) is 1.48. The minimum Gasteiger partial charge on any atom is -0.481 e. The van der Waals surface area contributed by atoms with Crippen LogP contribution in [0.15, 0.2) is 36.4 Å². The number of hydrogen-bond donors (Lipinski definition) is 1. The highest BCUT2D eigenvalue weighted by atomic mass is 35.5. The zero-order chi connectivity index (χ0) is 13.8. The molecule has 0 saturated heterocycles. The number of aromatic nitrogens is 1. The van der Waals surface area contributed by atoms with E-state index in [1.54, 1.807) is 36.4 Å². The molecule has 1 N–H and O–H groups in total. The predicted molar refractivity (Wildman–Crippen MR) is 75.2 cm³/mol. The van der Waals surface area contributed by atoms with Crippen LogP contribution in [-0.2, 0) is 0 Å². The monoisotopic (exact) mass is 296 g/mol. The number of carbonyl (C=O) groups excluding carboxylic acids is 1. The van der Waals surface area contributed by atoms with Crippen molar-refractivity contribution in [3.8, 4) is 5.88 Å². The maximum atomic E-state index is 12.0. The summed E-state index contributed by atoms with van der Waals surface area (Å²) in [5.41, 5.74) is 0.579.